The van der Waals surface area contributed by atoms with Gasteiger partial charge >= 0.3 is 0 Å². The highest BCUT2D eigenvalue weighted by Crippen LogP contribution is 2.28. The summed E-state index contributed by atoms with van der Waals surface area (Å²) in [6.45, 7) is 1.99. The van der Waals surface area contributed by atoms with Crippen molar-refractivity contribution in [2.75, 3.05) is 18.2 Å². The van der Waals surface area contributed by atoms with Crippen molar-refractivity contribution in [3.05, 3.63) is 70.5 Å². The number of methoxy groups -OCH3 is 1. The summed E-state index contributed by atoms with van der Waals surface area (Å²) in [7, 11) is 1.61. The Bertz CT molecular complexity index is 1000. The number of aryl methyl sites for hydroxylation is 1. The van der Waals surface area contributed by atoms with Gasteiger partial charge in [-0.05, 0) is 36.8 Å². The van der Waals surface area contributed by atoms with Crippen LogP contribution in [0.5, 0.6) is 5.75 Å². The first-order valence-corrected chi connectivity index (χ1v) is 9.32. The lowest BCUT2D eigenvalue weighted by molar-refractivity contribution is -0.384. The van der Waals surface area contributed by atoms with Crippen molar-refractivity contribution in [2.24, 2.45) is 0 Å². The fourth-order valence-electron chi connectivity index (χ4n) is 2.56. The van der Waals surface area contributed by atoms with Crippen molar-refractivity contribution in [1.29, 1.82) is 0 Å². The minimum absolute atomic E-state index is 0.0264. The van der Waals surface area contributed by atoms with Crippen LogP contribution in [0.3, 0.4) is 0 Å². The Morgan fingerprint density at radius 3 is 2.71 bits per heavy atom. The molecule has 2 aromatic carbocycles. The molecular weight excluding hydrogens is 380 g/mol. The minimum atomic E-state index is -0.485. The molecule has 0 aliphatic heterocycles. The van der Waals surface area contributed by atoms with Crippen molar-refractivity contribution in [2.45, 2.75) is 12.1 Å². The number of ether oxygens (including phenoxy) is 1. The molecule has 0 saturated heterocycles. The van der Waals surface area contributed by atoms with Crippen LogP contribution in [0.25, 0.3) is 5.69 Å². The number of carbonyl (C=O) groups is 1. The minimum Gasteiger partial charge on any atom is -0.495 e. The second kappa shape index (κ2) is 8.57. The summed E-state index contributed by atoms with van der Waals surface area (Å²) in [5.41, 5.74) is 2.40. The second-order valence-electron chi connectivity index (χ2n) is 5.90. The van der Waals surface area contributed by atoms with E-state index < -0.39 is 4.92 Å². The maximum atomic E-state index is 12.2. The molecule has 9 heteroatoms. The van der Waals surface area contributed by atoms with E-state index in [1.807, 2.05) is 35.9 Å². The van der Waals surface area contributed by atoms with Gasteiger partial charge in [-0.2, -0.15) is 0 Å². The summed E-state index contributed by atoms with van der Waals surface area (Å²) in [6, 6.07) is 11.5. The number of hydrogen-bond acceptors (Lipinski definition) is 6. The first-order chi connectivity index (χ1) is 13.5. The van der Waals surface area contributed by atoms with Crippen LogP contribution in [0.2, 0.25) is 0 Å². The zero-order valence-electron chi connectivity index (χ0n) is 15.3. The molecule has 3 aromatic rings. The number of non-ortho nitro benzene ring substituents is 1. The smallest absolute Gasteiger partial charge is 0.269 e. The number of nitro groups is 1. The fourth-order valence-corrected chi connectivity index (χ4v) is 3.33. The fraction of sp³-hybridized carbons (Fsp3) is 0.158. The zero-order valence-corrected chi connectivity index (χ0v) is 16.1. The Morgan fingerprint density at radius 1 is 1.29 bits per heavy atom. The maximum absolute atomic E-state index is 12.2. The normalized spacial score (nSPS) is 10.5. The predicted octanol–water partition coefficient (Wildman–Crippen LogP) is 3.83. The highest BCUT2D eigenvalue weighted by molar-refractivity contribution is 7.99. The standard InChI is InChI=1S/C19H18N4O4S/c1-13-3-8-17(27-2)16(11-13)22-10-9-20-19(22)28-12-18(24)21-14-4-6-15(7-5-14)23(25)26/h3-11H,12H2,1-2H3,(H,21,24). The molecule has 0 atom stereocenters. The lowest BCUT2D eigenvalue weighted by atomic mass is 10.2. The van der Waals surface area contributed by atoms with Crippen LogP contribution < -0.4 is 10.1 Å². The molecule has 1 amide bonds. The number of carbonyl (C=O) groups excluding carboxylic acids is 1. The summed E-state index contributed by atoms with van der Waals surface area (Å²) in [6.07, 6.45) is 3.48. The molecule has 3 rings (SSSR count). The molecule has 0 spiro atoms. The molecule has 1 heterocycles. The summed E-state index contributed by atoms with van der Waals surface area (Å²) in [4.78, 5) is 26.7. The molecule has 0 fully saturated rings. The molecule has 8 nitrogen and oxygen atoms in total. The van der Waals surface area contributed by atoms with Gasteiger partial charge in [0.15, 0.2) is 5.16 Å². The number of aromatic nitrogens is 2. The number of hydrogen-bond donors (Lipinski definition) is 1. The molecule has 0 unspecified atom stereocenters. The van der Waals surface area contributed by atoms with Gasteiger partial charge in [-0.3, -0.25) is 19.5 Å². The molecule has 0 radical (unpaired) electrons. The van der Waals surface area contributed by atoms with Crippen molar-refractivity contribution >= 4 is 29.0 Å². The summed E-state index contributed by atoms with van der Waals surface area (Å²) >= 11 is 1.29. The third-order valence-corrected chi connectivity index (χ3v) is 4.86. The largest absolute Gasteiger partial charge is 0.495 e. The van der Waals surface area contributed by atoms with E-state index in [0.717, 1.165) is 11.3 Å². The van der Waals surface area contributed by atoms with Crippen LogP contribution in [0, 0.1) is 17.0 Å². The number of nitro benzene ring substituents is 1. The molecule has 1 N–H and O–H groups in total. The number of thioether (sulfide) groups is 1. The number of amides is 1. The molecule has 0 bridgehead atoms. The highest BCUT2D eigenvalue weighted by atomic mass is 32.2. The topological polar surface area (TPSA) is 99.3 Å². The highest BCUT2D eigenvalue weighted by Gasteiger charge is 2.13. The van der Waals surface area contributed by atoms with Crippen LogP contribution >= 0.6 is 11.8 Å². The van der Waals surface area contributed by atoms with Gasteiger partial charge in [0.1, 0.15) is 5.75 Å². The van der Waals surface area contributed by atoms with E-state index in [-0.39, 0.29) is 17.3 Å². The molecule has 0 aliphatic carbocycles. The third-order valence-electron chi connectivity index (χ3n) is 3.89. The average Bonchev–Trinajstić information content (AvgIpc) is 3.15. The van der Waals surface area contributed by atoms with Crippen LogP contribution in [0.15, 0.2) is 60.0 Å². The quantitative estimate of drug-likeness (QED) is 0.369. The third kappa shape index (κ3) is 4.49. The predicted molar refractivity (Wildman–Crippen MR) is 107 cm³/mol. The lowest BCUT2D eigenvalue weighted by Gasteiger charge is -2.12. The van der Waals surface area contributed by atoms with Crippen molar-refractivity contribution in [3.63, 3.8) is 0 Å². The van der Waals surface area contributed by atoms with E-state index >= 15 is 0 Å². The van der Waals surface area contributed by atoms with Gasteiger partial charge in [-0.1, -0.05) is 17.8 Å². The molecule has 28 heavy (non-hydrogen) atoms. The van der Waals surface area contributed by atoms with Crippen molar-refractivity contribution in [3.8, 4) is 11.4 Å². The van der Waals surface area contributed by atoms with Crippen LogP contribution in [0.4, 0.5) is 11.4 Å². The van der Waals surface area contributed by atoms with Gasteiger partial charge in [-0.15, -0.1) is 0 Å². The molecule has 1 aromatic heterocycles. The van der Waals surface area contributed by atoms with Crippen molar-refractivity contribution < 1.29 is 14.5 Å². The number of imidazole rings is 1. The van der Waals surface area contributed by atoms with E-state index in [4.69, 9.17) is 4.74 Å². The van der Waals surface area contributed by atoms with Gasteiger partial charge in [0.05, 0.1) is 23.5 Å². The first kappa shape index (κ1) is 19.4. The van der Waals surface area contributed by atoms with E-state index in [9.17, 15) is 14.9 Å². The Kier molecular flexibility index (Phi) is 5.95. The zero-order chi connectivity index (χ0) is 20.1. The van der Waals surface area contributed by atoms with Gasteiger partial charge in [-0.25, -0.2) is 4.98 Å². The van der Waals surface area contributed by atoms with E-state index in [1.54, 1.807) is 13.3 Å². The summed E-state index contributed by atoms with van der Waals surface area (Å²) in [5.74, 6) is 0.618. The van der Waals surface area contributed by atoms with Crippen molar-refractivity contribution in [1.82, 2.24) is 9.55 Å². The Morgan fingerprint density at radius 2 is 2.04 bits per heavy atom. The number of anilines is 1. The summed E-state index contributed by atoms with van der Waals surface area (Å²) < 4.78 is 7.30. The summed E-state index contributed by atoms with van der Waals surface area (Å²) in [5, 5.41) is 14.1. The number of nitrogens with zero attached hydrogens (tertiary/aromatic N) is 3. The Labute approximate surface area is 165 Å². The monoisotopic (exact) mass is 398 g/mol. The van der Waals surface area contributed by atoms with E-state index in [1.165, 1.54) is 36.0 Å². The van der Waals surface area contributed by atoms with E-state index in [2.05, 4.69) is 10.3 Å². The average molecular weight is 398 g/mol. The number of rotatable bonds is 7. The molecule has 144 valence electrons. The first-order valence-electron chi connectivity index (χ1n) is 8.33. The van der Waals surface area contributed by atoms with Gasteiger partial charge in [0, 0.05) is 30.2 Å². The van der Waals surface area contributed by atoms with Crippen LogP contribution in [-0.2, 0) is 4.79 Å². The van der Waals surface area contributed by atoms with Crippen LogP contribution in [-0.4, -0.2) is 33.2 Å². The molecular formula is C19H18N4O4S. The molecule has 0 aliphatic rings. The van der Waals surface area contributed by atoms with Gasteiger partial charge < -0.3 is 10.1 Å². The van der Waals surface area contributed by atoms with E-state index in [0.29, 0.717) is 16.6 Å². The SMILES string of the molecule is COc1ccc(C)cc1-n1ccnc1SCC(=O)Nc1ccc([N+](=O)[O-])cc1. The lowest BCUT2D eigenvalue weighted by Crippen LogP contribution is -2.14. The number of nitrogens with one attached hydrogen (secondary N) is 1. The Balaban J connectivity index is 1.67. The van der Waals surface area contributed by atoms with Gasteiger partial charge in [0.2, 0.25) is 5.91 Å². The Hall–Kier alpha value is -3.33. The molecule has 0 saturated carbocycles. The second-order valence-corrected chi connectivity index (χ2v) is 6.84. The van der Waals surface area contributed by atoms with Gasteiger partial charge in [0.25, 0.3) is 5.69 Å². The van der Waals surface area contributed by atoms with Crippen LogP contribution in [0.1, 0.15) is 5.56 Å². The number of benzene rings is 2. The maximum Gasteiger partial charge on any atom is 0.269 e.